The maximum Gasteiger partial charge on any atom is 0.259 e. The second kappa shape index (κ2) is 7.38. The van der Waals surface area contributed by atoms with Crippen LogP contribution in [0.1, 0.15) is 53.9 Å². The topological polar surface area (TPSA) is 75.4 Å². The van der Waals surface area contributed by atoms with E-state index in [1.807, 2.05) is 49.2 Å². The van der Waals surface area contributed by atoms with Crippen molar-refractivity contribution < 1.29 is 9.32 Å². The SMILES string of the molecule is Cc1noc(C)c1C(=O)N1CCC[C@@]2(CCCN2c2ncc3ccccc3n2)CC1. The molecule has 0 saturated carbocycles. The molecule has 1 amide bonds. The van der Waals surface area contributed by atoms with Crippen LogP contribution in [0.2, 0.25) is 0 Å². The van der Waals surface area contributed by atoms with Crippen molar-refractivity contribution in [2.24, 2.45) is 0 Å². The van der Waals surface area contributed by atoms with E-state index < -0.39 is 0 Å². The highest BCUT2D eigenvalue weighted by atomic mass is 16.5. The molecule has 2 saturated heterocycles. The van der Waals surface area contributed by atoms with Crippen LogP contribution in [0.3, 0.4) is 0 Å². The number of para-hydroxylation sites is 1. The van der Waals surface area contributed by atoms with Crippen molar-refractivity contribution in [2.45, 2.75) is 51.5 Å². The molecule has 0 bridgehead atoms. The van der Waals surface area contributed by atoms with E-state index in [2.05, 4.69) is 10.1 Å². The van der Waals surface area contributed by atoms with Crippen molar-refractivity contribution in [1.82, 2.24) is 20.0 Å². The lowest BCUT2D eigenvalue weighted by molar-refractivity contribution is 0.0757. The summed E-state index contributed by atoms with van der Waals surface area (Å²) in [6.07, 6.45) is 7.13. The van der Waals surface area contributed by atoms with Gasteiger partial charge in [0.25, 0.3) is 5.91 Å². The largest absolute Gasteiger partial charge is 0.361 e. The standard InChI is InChI=1S/C23H27N5O2/c1-16-20(17(2)30-26-16)21(29)27-12-5-9-23(11-14-27)10-6-13-28(23)22-24-15-18-7-3-4-8-19(18)25-22/h3-4,7-8,15H,5-6,9-14H2,1-2H3/t23-/m1/s1. The fourth-order valence-corrected chi connectivity index (χ4v) is 5.19. The van der Waals surface area contributed by atoms with Crippen LogP contribution in [0.15, 0.2) is 35.0 Å². The predicted octanol–water partition coefficient (Wildman–Crippen LogP) is 3.90. The number of benzene rings is 1. The summed E-state index contributed by atoms with van der Waals surface area (Å²) in [5.74, 6) is 1.45. The molecule has 7 nitrogen and oxygen atoms in total. The molecule has 2 aliphatic rings. The van der Waals surface area contributed by atoms with Gasteiger partial charge in [0, 0.05) is 36.8 Å². The number of nitrogens with zero attached hydrogens (tertiary/aromatic N) is 5. The Morgan fingerprint density at radius 3 is 2.67 bits per heavy atom. The number of anilines is 1. The van der Waals surface area contributed by atoms with E-state index in [0.717, 1.165) is 68.6 Å². The van der Waals surface area contributed by atoms with E-state index in [1.165, 1.54) is 0 Å². The molecule has 2 fully saturated rings. The van der Waals surface area contributed by atoms with Crippen molar-refractivity contribution >= 4 is 22.8 Å². The van der Waals surface area contributed by atoms with Crippen molar-refractivity contribution in [2.75, 3.05) is 24.5 Å². The first-order valence-electron chi connectivity index (χ1n) is 10.8. The average Bonchev–Trinajstić information content (AvgIpc) is 3.24. The Balaban J connectivity index is 1.39. The van der Waals surface area contributed by atoms with Crippen LogP contribution < -0.4 is 4.90 Å². The summed E-state index contributed by atoms with van der Waals surface area (Å²) in [6, 6.07) is 8.12. The van der Waals surface area contributed by atoms with Gasteiger partial charge in [-0.15, -0.1) is 0 Å². The molecule has 4 heterocycles. The monoisotopic (exact) mass is 405 g/mol. The summed E-state index contributed by atoms with van der Waals surface area (Å²) in [7, 11) is 0. The molecule has 1 spiro atoms. The second-order valence-electron chi connectivity index (χ2n) is 8.55. The summed E-state index contributed by atoms with van der Waals surface area (Å²) < 4.78 is 5.22. The third-order valence-corrected chi connectivity index (χ3v) is 6.77. The number of amides is 1. The molecule has 1 aromatic carbocycles. The van der Waals surface area contributed by atoms with Crippen molar-refractivity contribution in [3.8, 4) is 0 Å². The molecule has 7 heteroatoms. The molecular formula is C23H27N5O2. The van der Waals surface area contributed by atoms with E-state index >= 15 is 0 Å². The first-order chi connectivity index (χ1) is 14.6. The summed E-state index contributed by atoms with van der Waals surface area (Å²) in [5.41, 5.74) is 2.29. The number of carbonyl (C=O) groups excluding carboxylic acids is 1. The fraction of sp³-hybridized carbons (Fsp3) is 0.478. The maximum absolute atomic E-state index is 13.1. The predicted molar refractivity (Wildman–Crippen MR) is 115 cm³/mol. The molecule has 0 radical (unpaired) electrons. The van der Waals surface area contributed by atoms with Gasteiger partial charge in [0.05, 0.1) is 11.2 Å². The molecule has 1 atom stereocenters. The first kappa shape index (κ1) is 19.0. The van der Waals surface area contributed by atoms with Crippen LogP contribution in [0.5, 0.6) is 0 Å². The molecule has 0 unspecified atom stereocenters. The Kier molecular flexibility index (Phi) is 4.68. The van der Waals surface area contributed by atoms with E-state index in [0.29, 0.717) is 17.0 Å². The highest BCUT2D eigenvalue weighted by molar-refractivity contribution is 5.96. The zero-order valence-corrected chi connectivity index (χ0v) is 17.6. The van der Waals surface area contributed by atoms with Gasteiger partial charge in [-0.3, -0.25) is 4.79 Å². The number of carbonyl (C=O) groups is 1. The van der Waals surface area contributed by atoms with Gasteiger partial charge in [0.1, 0.15) is 11.3 Å². The third kappa shape index (κ3) is 3.13. The Labute approximate surface area is 176 Å². The summed E-state index contributed by atoms with van der Waals surface area (Å²) in [4.78, 5) is 27.1. The van der Waals surface area contributed by atoms with Crippen molar-refractivity contribution in [3.63, 3.8) is 0 Å². The van der Waals surface area contributed by atoms with E-state index in [9.17, 15) is 4.79 Å². The van der Waals surface area contributed by atoms with Crippen LogP contribution in [0.25, 0.3) is 10.9 Å². The lowest BCUT2D eigenvalue weighted by Gasteiger charge is -2.38. The Morgan fingerprint density at radius 2 is 1.87 bits per heavy atom. The maximum atomic E-state index is 13.1. The molecular weight excluding hydrogens is 378 g/mol. The summed E-state index contributed by atoms with van der Waals surface area (Å²) >= 11 is 0. The quantitative estimate of drug-likeness (QED) is 0.644. The molecule has 2 aromatic heterocycles. The summed E-state index contributed by atoms with van der Waals surface area (Å²) in [5, 5.41) is 5.02. The Morgan fingerprint density at radius 1 is 1.07 bits per heavy atom. The van der Waals surface area contributed by atoms with Crippen molar-refractivity contribution in [3.05, 3.63) is 47.5 Å². The number of aryl methyl sites for hydroxylation is 2. The van der Waals surface area contributed by atoms with E-state index in [-0.39, 0.29) is 11.4 Å². The first-order valence-corrected chi connectivity index (χ1v) is 10.8. The number of hydrogen-bond donors (Lipinski definition) is 0. The van der Waals surface area contributed by atoms with Crippen LogP contribution >= 0.6 is 0 Å². The number of likely N-dealkylation sites (tertiary alicyclic amines) is 1. The van der Waals surface area contributed by atoms with Gasteiger partial charge in [-0.2, -0.15) is 0 Å². The van der Waals surface area contributed by atoms with Crippen LogP contribution in [0, 0.1) is 13.8 Å². The zero-order chi connectivity index (χ0) is 20.7. The van der Waals surface area contributed by atoms with Crippen LogP contribution in [0.4, 0.5) is 5.95 Å². The third-order valence-electron chi connectivity index (χ3n) is 6.77. The molecule has 30 heavy (non-hydrogen) atoms. The number of rotatable bonds is 2. The molecule has 3 aromatic rings. The average molecular weight is 406 g/mol. The molecule has 2 aliphatic heterocycles. The summed E-state index contributed by atoms with van der Waals surface area (Å²) in [6.45, 7) is 6.10. The second-order valence-corrected chi connectivity index (χ2v) is 8.55. The van der Waals surface area contributed by atoms with Gasteiger partial charge in [0.2, 0.25) is 5.95 Å². The van der Waals surface area contributed by atoms with Gasteiger partial charge in [-0.1, -0.05) is 23.4 Å². The normalized spacial score (nSPS) is 22.1. The minimum atomic E-state index is 0.0240. The number of hydrogen-bond acceptors (Lipinski definition) is 6. The Hall–Kier alpha value is -2.96. The van der Waals surface area contributed by atoms with Gasteiger partial charge >= 0.3 is 0 Å². The van der Waals surface area contributed by atoms with Gasteiger partial charge in [0.15, 0.2) is 0 Å². The van der Waals surface area contributed by atoms with Gasteiger partial charge < -0.3 is 14.3 Å². The molecule has 0 aliphatic carbocycles. The fourth-order valence-electron chi connectivity index (χ4n) is 5.19. The van der Waals surface area contributed by atoms with Gasteiger partial charge in [-0.25, -0.2) is 9.97 Å². The van der Waals surface area contributed by atoms with Gasteiger partial charge in [-0.05, 0) is 52.0 Å². The number of aromatic nitrogens is 3. The zero-order valence-electron chi connectivity index (χ0n) is 17.6. The molecule has 156 valence electrons. The van der Waals surface area contributed by atoms with E-state index in [4.69, 9.17) is 14.5 Å². The Bertz CT molecular complexity index is 1070. The van der Waals surface area contributed by atoms with Crippen LogP contribution in [-0.4, -0.2) is 51.1 Å². The minimum Gasteiger partial charge on any atom is -0.361 e. The van der Waals surface area contributed by atoms with Crippen LogP contribution in [-0.2, 0) is 0 Å². The lowest BCUT2D eigenvalue weighted by atomic mass is 9.88. The lowest BCUT2D eigenvalue weighted by Crippen LogP contribution is -2.46. The van der Waals surface area contributed by atoms with E-state index in [1.54, 1.807) is 0 Å². The number of fused-ring (bicyclic) bond motifs is 1. The highest BCUT2D eigenvalue weighted by Gasteiger charge is 2.43. The van der Waals surface area contributed by atoms with Crippen molar-refractivity contribution in [1.29, 1.82) is 0 Å². The highest BCUT2D eigenvalue weighted by Crippen LogP contribution is 2.40. The smallest absolute Gasteiger partial charge is 0.259 e. The molecule has 5 rings (SSSR count). The minimum absolute atomic E-state index is 0.0240. The molecule has 0 N–H and O–H groups in total.